The first-order valence-corrected chi connectivity index (χ1v) is 16.2. The van der Waals surface area contributed by atoms with Crippen LogP contribution in [0.25, 0.3) is 11.3 Å². The van der Waals surface area contributed by atoms with Gasteiger partial charge in [-0.2, -0.15) is 4.31 Å². The number of aliphatic hydroxyl groups excluding tert-OH is 1. The van der Waals surface area contributed by atoms with Gasteiger partial charge in [0.2, 0.25) is 10.0 Å². The van der Waals surface area contributed by atoms with Crippen LogP contribution in [0.15, 0.2) is 100 Å². The van der Waals surface area contributed by atoms with E-state index in [-0.39, 0.29) is 36.1 Å². The van der Waals surface area contributed by atoms with Crippen molar-refractivity contribution in [3.63, 3.8) is 0 Å². The highest BCUT2D eigenvalue weighted by Crippen LogP contribution is 2.25. The Balaban J connectivity index is 1.56. The summed E-state index contributed by atoms with van der Waals surface area (Å²) in [4.78, 5) is 29.2. The van der Waals surface area contributed by atoms with Crippen molar-refractivity contribution in [3.8, 4) is 11.3 Å². The van der Waals surface area contributed by atoms with E-state index in [0.717, 1.165) is 11.1 Å². The topological polar surface area (TPSA) is 138 Å². The summed E-state index contributed by atoms with van der Waals surface area (Å²) in [6, 6.07) is 24.4. The van der Waals surface area contributed by atoms with Crippen molar-refractivity contribution in [1.82, 2.24) is 9.62 Å². The normalized spacial score (nSPS) is 13.0. The van der Waals surface area contributed by atoms with E-state index < -0.39 is 34.0 Å². The number of sulfonamides is 1. The fourth-order valence-corrected chi connectivity index (χ4v) is 6.36. The van der Waals surface area contributed by atoms with Gasteiger partial charge in [-0.3, -0.25) is 9.59 Å². The summed E-state index contributed by atoms with van der Waals surface area (Å²) < 4.78 is 34.6. The molecule has 10 nitrogen and oxygen atoms in total. The fraction of sp³-hybridized carbons (Fsp3) is 0.273. The van der Waals surface area contributed by atoms with E-state index in [9.17, 15) is 23.1 Å². The van der Waals surface area contributed by atoms with Crippen LogP contribution in [0, 0.1) is 5.92 Å². The summed E-state index contributed by atoms with van der Waals surface area (Å²) in [5.74, 6) is -0.646. The standard InChI is InChI=1S/C33H36ClN3O7S/c1-22(2)20-37(45(41,42)28-15-13-27(14-16-28)36-44-23(3)38)21-30(39)29(19-24-7-5-4-6-8-24)35-33(40)32-18-17-31(43-32)25-9-11-26(34)12-10-25/h4-18,22,29-30,36,39H,19-21H2,1-3H3,(H,35,40)/t29-,30+/m0/s1. The first-order valence-electron chi connectivity index (χ1n) is 14.3. The summed E-state index contributed by atoms with van der Waals surface area (Å²) in [5.41, 5.74) is 4.42. The Labute approximate surface area is 268 Å². The Hall–Kier alpha value is -4.16. The molecule has 1 amide bonds. The van der Waals surface area contributed by atoms with E-state index in [1.54, 1.807) is 36.4 Å². The van der Waals surface area contributed by atoms with Gasteiger partial charge in [0.25, 0.3) is 5.91 Å². The van der Waals surface area contributed by atoms with Crippen LogP contribution in [-0.4, -0.2) is 54.9 Å². The smallest absolute Gasteiger partial charge is 0.329 e. The number of anilines is 1. The van der Waals surface area contributed by atoms with E-state index in [2.05, 4.69) is 10.8 Å². The highest BCUT2D eigenvalue weighted by molar-refractivity contribution is 7.89. The van der Waals surface area contributed by atoms with Gasteiger partial charge in [0.15, 0.2) is 5.76 Å². The molecule has 0 radical (unpaired) electrons. The van der Waals surface area contributed by atoms with Crippen molar-refractivity contribution in [2.45, 2.75) is 44.2 Å². The van der Waals surface area contributed by atoms with E-state index in [1.807, 2.05) is 44.2 Å². The Morgan fingerprint density at radius 2 is 1.60 bits per heavy atom. The lowest BCUT2D eigenvalue weighted by Crippen LogP contribution is -2.51. The van der Waals surface area contributed by atoms with Crippen molar-refractivity contribution in [3.05, 3.63) is 107 Å². The van der Waals surface area contributed by atoms with Crippen LogP contribution in [0.5, 0.6) is 0 Å². The number of nitrogens with zero attached hydrogens (tertiary/aromatic N) is 1. The number of furan rings is 1. The Kier molecular flexibility index (Phi) is 11.4. The molecular formula is C33H36ClN3O7S. The predicted molar refractivity (Wildman–Crippen MR) is 172 cm³/mol. The van der Waals surface area contributed by atoms with Gasteiger partial charge < -0.3 is 19.7 Å². The van der Waals surface area contributed by atoms with Crippen LogP contribution in [0.3, 0.4) is 0 Å². The molecule has 0 aliphatic heterocycles. The largest absolute Gasteiger partial charge is 0.451 e. The van der Waals surface area contributed by atoms with Crippen molar-refractivity contribution in [2.75, 3.05) is 18.6 Å². The molecular weight excluding hydrogens is 618 g/mol. The summed E-state index contributed by atoms with van der Waals surface area (Å²) >= 11 is 5.99. The molecule has 1 aromatic heterocycles. The quantitative estimate of drug-likeness (QED) is 0.151. The third-order valence-corrected chi connectivity index (χ3v) is 8.90. The molecule has 12 heteroatoms. The average Bonchev–Trinajstić information content (AvgIpc) is 3.51. The lowest BCUT2D eigenvalue weighted by molar-refractivity contribution is -0.138. The third-order valence-electron chi connectivity index (χ3n) is 6.80. The van der Waals surface area contributed by atoms with E-state index in [1.165, 1.54) is 35.5 Å². The third kappa shape index (κ3) is 9.41. The van der Waals surface area contributed by atoms with Crippen LogP contribution in [0.4, 0.5) is 5.69 Å². The summed E-state index contributed by atoms with van der Waals surface area (Å²) in [6.07, 6.45) is -1.04. The van der Waals surface area contributed by atoms with Crippen LogP contribution in [0.1, 0.15) is 36.9 Å². The Morgan fingerprint density at radius 3 is 2.22 bits per heavy atom. The van der Waals surface area contributed by atoms with Crippen LogP contribution in [0.2, 0.25) is 5.02 Å². The second-order valence-corrected chi connectivity index (χ2v) is 13.3. The van der Waals surface area contributed by atoms with Gasteiger partial charge >= 0.3 is 5.97 Å². The zero-order valence-electron chi connectivity index (χ0n) is 25.1. The van der Waals surface area contributed by atoms with Crippen LogP contribution >= 0.6 is 11.6 Å². The number of rotatable bonds is 14. The minimum Gasteiger partial charge on any atom is -0.451 e. The van der Waals surface area contributed by atoms with Crippen molar-refractivity contribution in [2.24, 2.45) is 5.92 Å². The minimum absolute atomic E-state index is 0.00214. The summed E-state index contributed by atoms with van der Waals surface area (Å²) in [7, 11) is -4.06. The number of aliphatic hydroxyl groups is 1. The summed E-state index contributed by atoms with van der Waals surface area (Å²) in [5, 5.41) is 14.9. The maximum Gasteiger partial charge on any atom is 0.329 e. The van der Waals surface area contributed by atoms with Gasteiger partial charge in [0.1, 0.15) is 5.76 Å². The van der Waals surface area contributed by atoms with Gasteiger partial charge in [-0.05, 0) is 78.6 Å². The first-order chi connectivity index (χ1) is 21.4. The molecule has 0 fully saturated rings. The number of hydrogen-bond acceptors (Lipinski definition) is 8. The lowest BCUT2D eigenvalue weighted by atomic mass is 10.0. The van der Waals surface area contributed by atoms with E-state index in [4.69, 9.17) is 20.9 Å². The predicted octanol–water partition coefficient (Wildman–Crippen LogP) is 5.54. The molecule has 0 bridgehead atoms. The van der Waals surface area contributed by atoms with Crippen LogP contribution in [-0.2, 0) is 26.1 Å². The van der Waals surface area contributed by atoms with Gasteiger partial charge in [-0.25, -0.2) is 13.9 Å². The molecule has 0 unspecified atom stereocenters. The molecule has 238 valence electrons. The highest BCUT2D eigenvalue weighted by Gasteiger charge is 2.32. The molecule has 0 spiro atoms. The second-order valence-electron chi connectivity index (χ2n) is 10.9. The molecule has 4 rings (SSSR count). The second kappa shape index (κ2) is 15.2. The minimum atomic E-state index is -4.06. The maximum absolute atomic E-state index is 13.8. The molecule has 0 saturated carbocycles. The van der Waals surface area contributed by atoms with E-state index >= 15 is 0 Å². The fourth-order valence-electron chi connectivity index (χ4n) is 4.61. The SMILES string of the molecule is CC(=O)ONc1ccc(S(=O)(=O)N(CC(C)C)C[C@@H](O)[C@H](Cc2ccccc2)NC(=O)c2ccc(-c3ccc(Cl)cc3)o2)cc1. The van der Waals surface area contributed by atoms with Gasteiger partial charge in [0.05, 0.1) is 22.7 Å². The zero-order chi connectivity index (χ0) is 32.6. The molecule has 0 saturated heterocycles. The van der Waals surface area contributed by atoms with Crippen LogP contribution < -0.4 is 10.8 Å². The molecule has 4 aromatic rings. The Morgan fingerprint density at radius 1 is 0.933 bits per heavy atom. The highest BCUT2D eigenvalue weighted by atomic mass is 35.5. The van der Waals surface area contributed by atoms with Crippen molar-refractivity contribution < 1.29 is 32.4 Å². The maximum atomic E-state index is 13.8. The number of carbonyl (C=O) groups excluding carboxylic acids is 2. The molecule has 1 heterocycles. The molecule has 0 aliphatic rings. The Bertz CT molecular complexity index is 1680. The number of hydrogen-bond donors (Lipinski definition) is 3. The lowest BCUT2D eigenvalue weighted by Gasteiger charge is -2.30. The van der Waals surface area contributed by atoms with Gasteiger partial charge in [-0.15, -0.1) is 0 Å². The monoisotopic (exact) mass is 653 g/mol. The number of benzene rings is 3. The number of amides is 1. The van der Waals surface area contributed by atoms with Gasteiger partial charge in [-0.1, -0.05) is 55.8 Å². The number of halogens is 1. The van der Waals surface area contributed by atoms with Gasteiger partial charge in [0, 0.05) is 30.6 Å². The average molecular weight is 654 g/mol. The molecule has 0 aliphatic carbocycles. The molecule has 3 aromatic carbocycles. The summed E-state index contributed by atoms with van der Waals surface area (Å²) in [6.45, 7) is 4.84. The first kappa shape index (κ1) is 33.7. The van der Waals surface area contributed by atoms with E-state index in [0.29, 0.717) is 16.5 Å². The zero-order valence-corrected chi connectivity index (χ0v) is 26.7. The van der Waals surface area contributed by atoms with Crippen molar-refractivity contribution in [1.29, 1.82) is 0 Å². The molecule has 45 heavy (non-hydrogen) atoms. The van der Waals surface area contributed by atoms with Crippen molar-refractivity contribution >= 4 is 39.2 Å². The molecule has 3 N–H and O–H groups in total. The number of carbonyl (C=O) groups is 2. The molecule has 2 atom stereocenters. The number of nitrogens with one attached hydrogen (secondary N) is 2.